The molecule has 1 aromatic carbocycles. The van der Waals surface area contributed by atoms with Crippen LogP contribution in [0.15, 0.2) is 50.0 Å². The van der Waals surface area contributed by atoms with E-state index in [0.717, 1.165) is 0 Å². The summed E-state index contributed by atoms with van der Waals surface area (Å²) in [5.74, 6) is -0.577. The molecule has 1 atom stereocenters. The summed E-state index contributed by atoms with van der Waals surface area (Å²) >= 11 is 0. The summed E-state index contributed by atoms with van der Waals surface area (Å²) in [5, 5.41) is 4.42. The Morgan fingerprint density at radius 3 is 2.37 bits per heavy atom. The molecule has 2 rings (SSSR count). The number of amidine groups is 1. The number of hydrogen-bond donors (Lipinski definition) is 2. The third kappa shape index (κ3) is 2.94. The van der Waals surface area contributed by atoms with Crippen molar-refractivity contribution >= 4 is 26.0 Å². The Bertz CT molecular complexity index is 739. The van der Waals surface area contributed by atoms with Crippen molar-refractivity contribution in [1.29, 1.82) is 0 Å². The highest BCUT2D eigenvalue weighted by Crippen LogP contribution is 2.15. The summed E-state index contributed by atoms with van der Waals surface area (Å²) in [5.41, 5.74) is 2.03. The molecule has 0 radical (unpaired) electrons. The second-order valence-corrected chi connectivity index (χ2v) is 6.54. The molecule has 1 aliphatic rings. The maximum absolute atomic E-state index is 11.9. The minimum atomic E-state index is -4.62. The van der Waals surface area contributed by atoms with Gasteiger partial charge in [-0.05, 0) is 12.1 Å². The van der Waals surface area contributed by atoms with Crippen molar-refractivity contribution in [2.24, 2.45) is 14.7 Å². The Kier molecular flexibility index (Phi) is 3.34. The monoisotopic (exact) mass is 304 g/mol. The van der Waals surface area contributed by atoms with Gasteiger partial charge >= 0.3 is 0 Å². The minimum Gasteiger partial charge on any atom is -0.283 e. The minimum absolute atomic E-state index is 0.120. The molecule has 0 bridgehead atoms. The molecular weight excluding hydrogens is 296 g/mol. The molecule has 0 saturated carbocycles. The third-order valence-corrected chi connectivity index (χ3v) is 4.29. The van der Waals surface area contributed by atoms with Crippen LogP contribution in [0.4, 0.5) is 0 Å². The Morgan fingerprint density at radius 2 is 1.79 bits per heavy atom. The first-order chi connectivity index (χ1) is 8.81. The lowest BCUT2D eigenvalue weighted by molar-refractivity contribution is 0.478. The topological polar surface area (TPSA) is 138 Å². The molecule has 9 nitrogen and oxygen atoms in total. The second-order valence-electron chi connectivity index (χ2n) is 3.46. The van der Waals surface area contributed by atoms with E-state index >= 15 is 0 Å². The maximum Gasteiger partial charge on any atom is 0.297 e. The van der Waals surface area contributed by atoms with E-state index in [9.17, 15) is 16.8 Å². The van der Waals surface area contributed by atoms with Gasteiger partial charge in [-0.15, -0.1) is 9.51 Å². The maximum atomic E-state index is 11.9. The van der Waals surface area contributed by atoms with E-state index in [1.165, 1.54) is 24.3 Å². The van der Waals surface area contributed by atoms with Gasteiger partial charge in [0, 0.05) is 0 Å². The molecule has 1 aromatic rings. The van der Waals surface area contributed by atoms with Crippen molar-refractivity contribution in [2.45, 2.75) is 10.3 Å². The predicted molar refractivity (Wildman–Crippen MR) is 64.4 cm³/mol. The van der Waals surface area contributed by atoms with Gasteiger partial charge in [-0.1, -0.05) is 23.4 Å². The van der Waals surface area contributed by atoms with Gasteiger partial charge < -0.3 is 0 Å². The van der Waals surface area contributed by atoms with Crippen LogP contribution in [0.1, 0.15) is 0 Å². The summed E-state index contributed by atoms with van der Waals surface area (Å²) in [4.78, 5) is -0.120. The van der Waals surface area contributed by atoms with Gasteiger partial charge in [-0.3, -0.25) is 4.55 Å². The van der Waals surface area contributed by atoms with Crippen LogP contribution in [0.2, 0.25) is 0 Å². The molecule has 19 heavy (non-hydrogen) atoms. The van der Waals surface area contributed by atoms with Gasteiger partial charge in [0.15, 0.2) is 5.84 Å². The molecule has 102 valence electrons. The molecule has 1 aliphatic heterocycles. The number of rotatable bonds is 3. The zero-order valence-electron chi connectivity index (χ0n) is 9.20. The molecule has 1 unspecified atom stereocenters. The van der Waals surface area contributed by atoms with Gasteiger partial charge in [-0.2, -0.15) is 16.8 Å². The highest BCUT2D eigenvalue weighted by atomic mass is 32.2. The van der Waals surface area contributed by atoms with Crippen LogP contribution >= 0.6 is 0 Å². The van der Waals surface area contributed by atoms with E-state index in [1.54, 1.807) is 6.07 Å². The third-order valence-electron chi connectivity index (χ3n) is 2.10. The lowest BCUT2D eigenvalue weighted by Crippen LogP contribution is -2.31. The Morgan fingerprint density at radius 1 is 1.16 bits per heavy atom. The molecular formula is C8H8N4O5S2. The number of nitrogens with one attached hydrogen (secondary N) is 1. The highest BCUT2D eigenvalue weighted by molar-refractivity contribution is 7.90. The van der Waals surface area contributed by atoms with Crippen molar-refractivity contribution in [3.8, 4) is 0 Å². The fourth-order valence-corrected chi connectivity index (χ4v) is 2.91. The number of benzene rings is 1. The lowest BCUT2D eigenvalue weighted by Gasteiger charge is -2.04. The lowest BCUT2D eigenvalue weighted by atomic mass is 10.4. The van der Waals surface area contributed by atoms with Gasteiger partial charge in [0.1, 0.15) is 0 Å². The molecule has 0 fully saturated rings. The Labute approximate surface area is 108 Å². The number of nitrogens with zero attached hydrogens (tertiary/aromatic N) is 3. The van der Waals surface area contributed by atoms with Crippen LogP contribution < -0.4 is 5.43 Å². The summed E-state index contributed by atoms with van der Waals surface area (Å²) in [6.45, 7) is 0. The summed E-state index contributed by atoms with van der Waals surface area (Å²) in [6.07, 6.45) is 0. The first-order valence-corrected chi connectivity index (χ1v) is 7.77. The fraction of sp³-hybridized carbons (Fsp3) is 0.125. The molecule has 1 heterocycles. The van der Waals surface area contributed by atoms with Gasteiger partial charge in [0.25, 0.3) is 25.5 Å². The van der Waals surface area contributed by atoms with Crippen LogP contribution in [0.25, 0.3) is 0 Å². The van der Waals surface area contributed by atoms with Crippen molar-refractivity contribution in [3.05, 3.63) is 30.3 Å². The smallest absolute Gasteiger partial charge is 0.283 e. The van der Waals surface area contributed by atoms with Gasteiger partial charge in [-0.25, -0.2) is 5.43 Å². The van der Waals surface area contributed by atoms with E-state index in [-0.39, 0.29) is 4.90 Å². The molecule has 11 heteroatoms. The van der Waals surface area contributed by atoms with E-state index in [2.05, 4.69) is 14.7 Å². The molecule has 0 spiro atoms. The van der Waals surface area contributed by atoms with E-state index in [1.807, 2.05) is 5.43 Å². The highest BCUT2D eigenvalue weighted by Gasteiger charge is 2.34. The average molecular weight is 304 g/mol. The van der Waals surface area contributed by atoms with E-state index < -0.39 is 31.4 Å². The molecule has 0 aliphatic carbocycles. The summed E-state index contributed by atoms with van der Waals surface area (Å²) in [7, 11) is -8.73. The number of sulfonamides is 1. The van der Waals surface area contributed by atoms with Crippen molar-refractivity contribution in [3.63, 3.8) is 0 Å². The van der Waals surface area contributed by atoms with Crippen LogP contribution in [-0.4, -0.2) is 32.6 Å². The van der Waals surface area contributed by atoms with E-state index in [4.69, 9.17) is 4.55 Å². The van der Waals surface area contributed by atoms with Gasteiger partial charge in [0.05, 0.1) is 4.90 Å². The van der Waals surface area contributed by atoms with E-state index in [0.29, 0.717) is 0 Å². The van der Waals surface area contributed by atoms with Crippen molar-refractivity contribution < 1.29 is 21.4 Å². The average Bonchev–Trinajstić information content (AvgIpc) is 2.77. The molecule has 2 N–H and O–H groups in total. The predicted octanol–water partition coefficient (Wildman–Crippen LogP) is -0.0419. The zero-order chi connectivity index (χ0) is 14.1. The van der Waals surface area contributed by atoms with Crippen LogP contribution in [0, 0.1) is 0 Å². The summed E-state index contributed by atoms with van der Waals surface area (Å²) in [6, 6.07) is 7.19. The quantitative estimate of drug-likeness (QED) is 0.751. The van der Waals surface area contributed by atoms with Gasteiger partial charge in [0.2, 0.25) is 0 Å². The normalized spacial score (nSPS) is 21.5. The largest absolute Gasteiger partial charge is 0.297 e. The number of hydrogen-bond acceptors (Lipinski definition) is 6. The van der Waals surface area contributed by atoms with Crippen LogP contribution in [-0.2, 0) is 20.1 Å². The Hall–Kier alpha value is -1.85. The zero-order valence-corrected chi connectivity index (χ0v) is 10.8. The molecule has 0 aromatic heterocycles. The summed E-state index contributed by atoms with van der Waals surface area (Å²) < 4.78 is 57.8. The second kappa shape index (κ2) is 4.68. The van der Waals surface area contributed by atoms with Crippen molar-refractivity contribution in [1.82, 2.24) is 5.43 Å². The first-order valence-electron chi connectivity index (χ1n) is 4.83. The van der Waals surface area contributed by atoms with Crippen molar-refractivity contribution in [2.75, 3.05) is 0 Å². The first kappa shape index (κ1) is 13.6. The molecule has 0 saturated heterocycles. The van der Waals surface area contributed by atoms with Crippen LogP contribution in [0.3, 0.4) is 0 Å². The molecule has 0 amide bonds. The SMILES string of the molecule is O=S(=O)(N=C1NN=NC1S(=O)(=O)O)c1ccccc1. The Balaban J connectivity index is 2.43. The fourth-order valence-electron chi connectivity index (χ4n) is 1.28. The van der Waals surface area contributed by atoms with Crippen LogP contribution in [0.5, 0.6) is 0 Å². The standard InChI is InChI=1S/C8H8N4O5S2/c13-18(14,6-4-2-1-3-5-6)11-7-8(10-12-9-7)19(15,16)17/h1-5,8H,(H,9,10,11)(H,15,16,17).